The van der Waals surface area contributed by atoms with Crippen LogP contribution in [0.1, 0.15) is 31.2 Å². The van der Waals surface area contributed by atoms with Crippen molar-refractivity contribution in [3.8, 4) is 0 Å². The van der Waals surface area contributed by atoms with Gasteiger partial charge in [0.25, 0.3) is 0 Å². The summed E-state index contributed by atoms with van der Waals surface area (Å²) in [7, 11) is 5.46. The minimum atomic E-state index is -0.0185. The summed E-state index contributed by atoms with van der Waals surface area (Å²) in [5.74, 6) is 1.01. The number of thiazole rings is 1. The molecule has 8 heteroatoms. The quantitative estimate of drug-likeness (QED) is 0.386. The van der Waals surface area contributed by atoms with E-state index in [0.29, 0.717) is 12.5 Å². The number of hydrogen-bond donors (Lipinski definition) is 1. The second-order valence-electron chi connectivity index (χ2n) is 6.06. The number of carbonyl (C=O) groups excluding carboxylic acids is 1. The van der Waals surface area contributed by atoms with Crippen molar-refractivity contribution >= 4 is 23.2 Å². The van der Waals surface area contributed by atoms with Gasteiger partial charge in [0, 0.05) is 64.9 Å². The Kier molecular flexibility index (Phi) is 10.1. The number of rotatable bonds is 10. The van der Waals surface area contributed by atoms with Gasteiger partial charge in [-0.2, -0.15) is 0 Å². The molecular formula is C17H31N5O2S. The molecule has 1 aromatic heterocycles. The van der Waals surface area contributed by atoms with Crippen LogP contribution in [0, 0.1) is 0 Å². The van der Waals surface area contributed by atoms with Crippen molar-refractivity contribution in [3.05, 3.63) is 16.6 Å². The van der Waals surface area contributed by atoms with Crippen LogP contribution in [0.2, 0.25) is 0 Å². The number of hydrogen-bond acceptors (Lipinski definition) is 5. The molecule has 1 rings (SSSR count). The van der Waals surface area contributed by atoms with E-state index in [0.717, 1.165) is 37.1 Å². The van der Waals surface area contributed by atoms with Gasteiger partial charge in [-0.15, -0.1) is 11.3 Å². The van der Waals surface area contributed by atoms with Crippen LogP contribution in [0.25, 0.3) is 0 Å². The molecule has 0 bridgehead atoms. The highest BCUT2D eigenvalue weighted by Crippen LogP contribution is 2.18. The molecule has 0 aromatic carbocycles. The lowest BCUT2D eigenvalue weighted by molar-refractivity contribution is -0.127. The lowest BCUT2D eigenvalue weighted by atomic mass is 10.2. The maximum atomic E-state index is 11.8. The summed E-state index contributed by atoms with van der Waals surface area (Å²) in [5, 5.41) is 6.42. The van der Waals surface area contributed by atoms with Gasteiger partial charge in [0.2, 0.25) is 5.91 Å². The maximum absolute atomic E-state index is 11.8. The molecule has 0 fully saturated rings. The summed E-state index contributed by atoms with van der Waals surface area (Å²) in [6.07, 6.45) is 2.72. The first-order valence-electron chi connectivity index (χ1n) is 8.62. The number of ether oxygens (including phenoxy) is 1. The van der Waals surface area contributed by atoms with Crippen molar-refractivity contribution < 1.29 is 9.53 Å². The standard InChI is InChI=1S/C17H31N5O2S/c1-6-24-10-7-8-19-17(20-12-15(23)21(3)4)22(5)13-14(2)16-18-9-11-25-16/h9,11,14H,6-8,10,12-13H2,1-5H3,(H,19,20). The summed E-state index contributed by atoms with van der Waals surface area (Å²) >= 11 is 1.66. The fourth-order valence-electron chi connectivity index (χ4n) is 2.17. The Hall–Kier alpha value is -1.67. The number of amides is 1. The average molecular weight is 370 g/mol. The van der Waals surface area contributed by atoms with E-state index in [9.17, 15) is 4.79 Å². The highest BCUT2D eigenvalue weighted by atomic mass is 32.1. The molecule has 25 heavy (non-hydrogen) atoms. The molecule has 0 radical (unpaired) electrons. The van der Waals surface area contributed by atoms with Gasteiger partial charge in [-0.25, -0.2) is 9.98 Å². The van der Waals surface area contributed by atoms with E-state index in [1.807, 2.05) is 25.5 Å². The highest BCUT2D eigenvalue weighted by molar-refractivity contribution is 7.09. The molecule has 1 amide bonds. The molecule has 0 saturated heterocycles. The molecule has 0 aliphatic carbocycles. The Balaban J connectivity index is 2.63. The molecule has 1 atom stereocenters. The van der Waals surface area contributed by atoms with Crippen molar-refractivity contribution in [2.45, 2.75) is 26.2 Å². The van der Waals surface area contributed by atoms with Crippen LogP contribution in [-0.4, -0.2) is 80.6 Å². The monoisotopic (exact) mass is 369 g/mol. The maximum Gasteiger partial charge on any atom is 0.243 e. The van der Waals surface area contributed by atoms with Crippen LogP contribution < -0.4 is 5.32 Å². The van der Waals surface area contributed by atoms with E-state index in [-0.39, 0.29) is 12.5 Å². The van der Waals surface area contributed by atoms with Crippen molar-refractivity contribution in [3.63, 3.8) is 0 Å². The molecule has 1 N–H and O–H groups in total. The molecule has 1 heterocycles. The molecule has 142 valence electrons. The highest BCUT2D eigenvalue weighted by Gasteiger charge is 2.15. The molecule has 0 aliphatic heterocycles. The number of aliphatic imine (C=N–C) groups is 1. The van der Waals surface area contributed by atoms with Crippen LogP contribution >= 0.6 is 11.3 Å². The zero-order valence-corrected chi connectivity index (χ0v) is 16.8. The summed E-state index contributed by atoms with van der Waals surface area (Å²) < 4.78 is 5.36. The fourth-order valence-corrected chi connectivity index (χ4v) is 2.86. The lowest BCUT2D eigenvalue weighted by Gasteiger charge is -2.25. The number of carbonyl (C=O) groups is 1. The van der Waals surface area contributed by atoms with Crippen molar-refractivity contribution in [2.24, 2.45) is 4.99 Å². The van der Waals surface area contributed by atoms with Crippen molar-refractivity contribution in [2.75, 3.05) is 54.0 Å². The van der Waals surface area contributed by atoms with Gasteiger partial charge in [-0.1, -0.05) is 6.92 Å². The number of aromatic nitrogens is 1. The Morgan fingerprint density at radius 3 is 2.80 bits per heavy atom. The molecule has 1 aromatic rings. The van der Waals surface area contributed by atoms with E-state index in [1.165, 1.54) is 0 Å². The Bertz CT molecular complexity index is 519. The third kappa shape index (κ3) is 8.31. The molecule has 0 aliphatic rings. The van der Waals surface area contributed by atoms with E-state index in [1.54, 1.807) is 30.3 Å². The smallest absolute Gasteiger partial charge is 0.243 e. The van der Waals surface area contributed by atoms with Crippen LogP contribution in [0.5, 0.6) is 0 Å². The normalized spacial score (nSPS) is 12.8. The van der Waals surface area contributed by atoms with Gasteiger partial charge in [-0.3, -0.25) is 4.79 Å². The Labute approximate surface area is 155 Å². The summed E-state index contributed by atoms with van der Waals surface area (Å²) in [6, 6.07) is 0. The first-order chi connectivity index (χ1) is 12.0. The SMILES string of the molecule is CCOCCCNC(=NCC(=O)N(C)C)N(C)CC(C)c1nccs1. The molecule has 7 nitrogen and oxygen atoms in total. The van der Waals surface area contributed by atoms with E-state index in [2.05, 4.69) is 27.1 Å². The fraction of sp³-hybridized carbons (Fsp3) is 0.706. The third-order valence-corrected chi connectivity index (χ3v) is 4.60. The summed E-state index contributed by atoms with van der Waals surface area (Å²) in [4.78, 5) is 24.3. The van der Waals surface area contributed by atoms with E-state index < -0.39 is 0 Å². The minimum absolute atomic E-state index is 0.0185. The second kappa shape index (κ2) is 11.8. The number of likely N-dealkylation sites (N-methyl/N-ethyl adjacent to an activating group) is 2. The third-order valence-electron chi connectivity index (χ3n) is 3.60. The number of nitrogens with zero attached hydrogens (tertiary/aromatic N) is 4. The largest absolute Gasteiger partial charge is 0.382 e. The minimum Gasteiger partial charge on any atom is -0.382 e. The van der Waals surface area contributed by atoms with Gasteiger partial charge in [0.15, 0.2) is 5.96 Å². The summed E-state index contributed by atoms with van der Waals surface area (Å²) in [6.45, 7) is 7.24. The first-order valence-corrected chi connectivity index (χ1v) is 9.50. The Morgan fingerprint density at radius 2 is 2.20 bits per heavy atom. The zero-order chi connectivity index (χ0) is 18.7. The van der Waals surface area contributed by atoms with Crippen molar-refractivity contribution in [1.29, 1.82) is 0 Å². The van der Waals surface area contributed by atoms with Gasteiger partial charge in [0.1, 0.15) is 6.54 Å². The molecule has 0 spiro atoms. The second-order valence-corrected chi connectivity index (χ2v) is 6.98. The van der Waals surface area contributed by atoms with E-state index >= 15 is 0 Å². The molecule has 0 saturated carbocycles. The topological polar surface area (TPSA) is 70.1 Å². The van der Waals surface area contributed by atoms with Crippen LogP contribution in [0.4, 0.5) is 0 Å². The number of nitrogens with one attached hydrogen (secondary N) is 1. The molecular weight excluding hydrogens is 338 g/mol. The van der Waals surface area contributed by atoms with E-state index in [4.69, 9.17) is 4.74 Å². The average Bonchev–Trinajstić information content (AvgIpc) is 3.11. The van der Waals surface area contributed by atoms with Gasteiger partial charge in [0.05, 0.1) is 5.01 Å². The van der Waals surface area contributed by atoms with Gasteiger partial charge < -0.3 is 19.9 Å². The number of guanidine groups is 1. The molecule has 1 unspecified atom stereocenters. The van der Waals surface area contributed by atoms with Crippen molar-refractivity contribution in [1.82, 2.24) is 20.1 Å². The predicted octanol–water partition coefficient (Wildman–Crippen LogP) is 1.64. The first kappa shape index (κ1) is 21.4. The van der Waals surface area contributed by atoms with Crippen LogP contribution in [-0.2, 0) is 9.53 Å². The zero-order valence-electron chi connectivity index (χ0n) is 16.0. The van der Waals surface area contributed by atoms with Crippen LogP contribution in [0.3, 0.4) is 0 Å². The van der Waals surface area contributed by atoms with Crippen LogP contribution in [0.15, 0.2) is 16.6 Å². The summed E-state index contributed by atoms with van der Waals surface area (Å²) in [5.41, 5.74) is 0. The van der Waals surface area contributed by atoms with Gasteiger partial charge in [-0.05, 0) is 13.3 Å². The lowest BCUT2D eigenvalue weighted by Crippen LogP contribution is -2.42. The van der Waals surface area contributed by atoms with Gasteiger partial charge >= 0.3 is 0 Å². The predicted molar refractivity (Wildman–Crippen MR) is 103 cm³/mol. The Morgan fingerprint density at radius 1 is 1.44 bits per heavy atom.